The molecule has 0 saturated carbocycles. The number of rotatable bonds is 8. The molecule has 2 aromatic rings. The molecule has 0 aromatic heterocycles. The Hall–Kier alpha value is -2.07. The number of alkyl halides is 1. The van der Waals surface area contributed by atoms with Gasteiger partial charge in [0.2, 0.25) is 11.8 Å². The van der Waals surface area contributed by atoms with Crippen LogP contribution in [0.5, 0.6) is 0 Å². The summed E-state index contributed by atoms with van der Waals surface area (Å²) < 4.78 is 4.56. The summed E-state index contributed by atoms with van der Waals surface area (Å²) in [6, 6.07) is 13.4. The first-order valence-electron chi connectivity index (χ1n) is 12.7. The minimum Gasteiger partial charge on any atom is -0.466 e. The van der Waals surface area contributed by atoms with Gasteiger partial charge in [-0.15, -0.1) is 11.8 Å². The molecule has 3 heterocycles. The number of amides is 2. The highest BCUT2D eigenvalue weighted by atomic mass is 79.9. The van der Waals surface area contributed by atoms with E-state index in [1.165, 1.54) is 11.8 Å². The monoisotopic (exact) mass is 620 g/mol. The van der Waals surface area contributed by atoms with Crippen LogP contribution < -0.4 is 5.32 Å². The van der Waals surface area contributed by atoms with E-state index in [-0.39, 0.29) is 35.1 Å². The number of thioether (sulfide) groups is 1. The number of benzene rings is 2. The van der Waals surface area contributed by atoms with Crippen molar-refractivity contribution in [3.05, 3.63) is 64.7 Å². The Balaban J connectivity index is 1.58. The number of esters is 1. The van der Waals surface area contributed by atoms with Gasteiger partial charge in [0.05, 0.1) is 46.5 Å². The summed E-state index contributed by atoms with van der Waals surface area (Å²) in [4.78, 5) is 43.1. The molecule has 7 atom stereocenters. The summed E-state index contributed by atoms with van der Waals surface area (Å²) in [5.41, 5.74) is 2.22. The van der Waals surface area contributed by atoms with E-state index >= 15 is 0 Å². The Kier molecular flexibility index (Phi) is 7.84. The number of aryl methyl sites for hydroxylation is 1. The van der Waals surface area contributed by atoms with Gasteiger partial charge in [0.15, 0.2) is 0 Å². The van der Waals surface area contributed by atoms with E-state index in [1.54, 1.807) is 17.9 Å². The predicted octanol–water partition coefficient (Wildman–Crippen LogP) is 4.22. The number of aliphatic hydroxyl groups is 1. The fourth-order valence-corrected chi connectivity index (χ4v) is 10.2. The van der Waals surface area contributed by atoms with Crippen molar-refractivity contribution in [2.45, 2.75) is 53.6 Å². The molecule has 2 bridgehead atoms. The van der Waals surface area contributed by atoms with Gasteiger partial charge in [0, 0.05) is 10.1 Å². The minimum absolute atomic E-state index is 0.0649. The summed E-state index contributed by atoms with van der Waals surface area (Å²) in [6.07, 6.45) is 0.908. The number of anilines is 1. The van der Waals surface area contributed by atoms with Gasteiger partial charge in [-0.2, -0.15) is 0 Å². The molecule has 3 aliphatic rings. The molecule has 0 aliphatic carbocycles. The highest BCUT2D eigenvalue weighted by Gasteiger charge is 2.76. The quantitative estimate of drug-likeness (QED) is 0.339. The zero-order valence-electron chi connectivity index (χ0n) is 21.1. The molecule has 10 heteroatoms. The molecule has 7 nitrogen and oxygen atoms in total. The van der Waals surface area contributed by atoms with Crippen molar-refractivity contribution in [1.29, 1.82) is 0 Å². The third-order valence-corrected chi connectivity index (χ3v) is 11.5. The number of likely N-dealkylation sites (tertiary alicyclic amines) is 1. The minimum atomic E-state index is -0.911. The van der Waals surface area contributed by atoms with Gasteiger partial charge in [-0.1, -0.05) is 70.0 Å². The van der Waals surface area contributed by atoms with E-state index in [0.29, 0.717) is 23.6 Å². The first-order chi connectivity index (χ1) is 18.2. The fourth-order valence-electron chi connectivity index (χ4n) is 6.39. The van der Waals surface area contributed by atoms with Crippen LogP contribution in [0.3, 0.4) is 0 Å². The van der Waals surface area contributed by atoms with Crippen LogP contribution in [0.15, 0.2) is 48.5 Å². The van der Waals surface area contributed by atoms with Crippen LogP contribution in [0.1, 0.15) is 24.5 Å². The third-order valence-electron chi connectivity index (χ3n) is 7.92. The van der Waals surface area contributed by atoms with Crippen LogP contribution in [0.4, 0.5) is 5.69 Å². The van der Waals surface area contributed by atoms with E-state index in [0.717, 1.165) is 11.1 Å². The van der Waals surface area contributed by atoms with Crippen molar-refractivity contribution in [3.8, 4) is 0 Å². The first-order valence-corrected chi connectivity index (χ1v) is 14.9. The summed E-state index contributed by atoms with van der Waals surface area (Å²) in [5.74, 6) is -2.48. The number of halogens is 2. The van der Waals surface area contributed by atoms with Crippen molar-refractivity contribution >= 4 is 62.8 Å². The number of nitrogens with zero attached hydrogens (tertiary/aromatic N) is 1. The molecule has 2 aromatic carbocycles. The third kappa shape index (κ3) is 4.45. The number of hydrogen-bond donors (Lipinski definition) is 2. The van der Waals surface area contributed by atoms with Gasteiger partial charge >= 0.3 is 5.97 Å². The smallest absolute Gasteiger partial charge is 0.310 e. The highest BCUT2D eigenvalue weighted by Crippen LogP contribution is 2.68. The van der Waals surface area contributed by atoms with Crippen LogP contribution in [-0.4, -0.2) is 67.9 Å². The molecule has 3 saturated heterocycles. The number of aliphatic hydroxyl groups excluding tert-OH is 1. The van der Waals surface area contributed by atoms with Gasteiger partial charge in [-0.05, 0) is 43.9 Å². The van der Waals surface area contributed by atoms with E-state index in [2.05, 4.69) is 21.2 Å². The average Bonchev–Trinajstić information content (AvgIpc) is 3.49. The summed E-state index contributed by atoms with van der Waals surface area (Å²) in [6.45, 7) is 3.48. The lowest BCUT2D eigenvalue weighted by Crippen LogP contribution is -2.55. The average molecular weight is 622 g/mol. The van der Waals surface area contributed by atoms with Crippen LogP contribution in [0.2, 0.25) is 5.02 Å². The second kappa shape index (κ2) is 10.8. The number of fused-ring (bicyclic) bond motifs is 1. The second-order valence-electron chi connectivity index (χ2n) is 10.1. The van der Waals surface area contributed by atoms with Crippen molar-refractivity contribution in [2.75, 3.05) is 18.5 Å². The molecule has 2 N–H and O–H groups in total. The van der Waals surface area contributed by atoms with Gasteiger partial charge in [0.25, 0.3) is 0 Å². The predicted molar refractivity (Wildman–Crippen MR) is 152 cm³/mol. The van der Waals surface area contributed by atoms with E-state index in [1.807, 2.05) is 49.4 Å². The van der Waals surface area contributed by atoms with Crippen molar-refractivity contribution in [2.24, 2.45) is 11.8 Å². The van der Waals surface area contributed by atoms with Crippen LogP contribution in [0.25, 0.3) is 0 Å². The van der Waals surface area contributed by atoms with Crippen LogP contribution in [-0.2, 0) is 25.5 Å². The molecular weight excluding hydrogens is 592 g/mol. The lowest BCUT2D eigenvalue weighted by molar-refractivity contribution is -0.154. The van der Waals surface area contributed by atoms with Crippen LogP contribution in [0, 0.1) is 18.8 Å². The van der Waals surface area contributed by atoms with E-state index in [4.69, 9.17) is 16.3 Å². The van der Waals surface area contributed by atoms with Gasteiger partial charge in [-0.25, -0.2) is 0 Å². The fraction of sp³-hybridized carbons (Fsp3) is 0.464. The Morgan fingerprint density at radius 2 is 2.00 bits per heavy atom. The molecule has 1 spiro atoms. The topological polar surface area (TPSA) is 95.9 Å². The molecule has 202 valence electrons. The maximum absolute atomic E-state index is 14.3. The molecule has 3 aliphatic heterocycles. The summed E-state index contributed by atoms with van der Waals surface area (Å²) in [5, 5.41) is 13.7. The molecule has 38 heavy (non-hydrogen) atoms. The SMILES string of the molecule is CCOC(=O)[C@H]1[C@@H]2SC3(CC2Br)C(C(=O)Nc2c(C)cccc2Cl)N([C@@H](CO)Cc2ccccc2)C(=O)[C@H]13. The Morgan fingerprint density at radius 3 is 2.66 bits per heavy atom. The molecule has 2 amide bonds. The normalized spacial score (nSPS) is 30.3. The highest BCUT2D eigenvalue weighted by molar-refractivity contribution is 9.09. The van der Waals surface area contributed by atoms with Crippen molar-refractivity contribution in [1.82, 2.24) is 4.90 Å². The molecule has 3 fully saturated rings. The number of ether oxygens (including phenoxy) is 1. The van der Waals surface area contributed by atoms with Crippen molar-refractivity contribution in [3.63, 3.8) is 0 Å². The Morgan fingerprint density at radius 1 is 1.26 bits per heavy atom. The maximum atomic E-state index is 14.3. The maximum Gasteiger partial charge on any atom is 0.310 e. The molecule has 5 rings (SSSR count). The number of carbonyl (C=O) groups is 3. The van der Waals surface area contributed by atoms with E-state index in [9.17, 15) is 19.5 Å². The largest absolute Gasteiger partial charge is 0.466 e. The van der Waals surface area contributed by atoms with Crippen LogP contribution >= 0.6 is 39.3 Å². The zero-order valence-corrected chi connectivity index (χ0v) is 24.3. The Bertz CT molecular complexity index is 1230. The standard InChI is InChI=1S/C28H30BrClN2O5S/c1-3-37-27(36)20-21-26(35)32(17(14-33)12-16-9-5-4-6-10-16)24(28(21)13-18(29)23(20)38-28)25(34)31-22-15(2)8-7-11-19(22)30/h4-11,17-18,20-21,23-24,33H,3,12-14H2,1-2H3,(H,31,34)/t17-,18?,20-,21+,23-,24?,28?/m1/s1. The number of para-hydroxylation sites is 1. The van der Waals surface area contributed by atoms with Crippen molar-refractivity contribution < 1.29 is 24.2 Å². The molecular formula is C28H30BrClN2O5S. The summed E-state index contributed by atoms with van der Waals surface area (Å²) >= 11 is 11.7. The molecule has 3 unspecified atom stereocenters. The lowest BCUT2D eigenvalue weighted by atomic mass is 9.71. The zero-order chi connectivity index (χ0) is 27.2. The molecule has 0 radical (unpaired) electrons. The Labute approximate surface area is 239 Å². The lowest BCUT2D eigenvalue weighted by Gasteiger charge is -2.37. The number of carbonyl (C=O) groups excluding carboxylic acids is 3. The number of nitrogens with one attached hydrogen (secondary N) is 1. The first kappa shape index (κ1) is 27.5. The number of hydrogen-bond acceptors (Lipinski definition) is 6. The van der Waals surface area contributed by atoms with Gasteiger partial charge in [0.1, 0.15) is 6.04 Å². The second-order valence-corrected chi connectivity index (χ2v) is 13.2. The van der Waals surface area contributed by atoms with Gasteiger partial charge in [-0.3, -0.25) is 14.4 Å². The van der Waals surface area contributed by atoms with E-state index < -0.39 is 34.6 Å². The summed E-state index contributed by atoms with van der Waals surface area (Å²) in [7, 11) is 0. The van der Waals surface area contributed by atoms with Gasteiger partial charge < -0.3 is 20.1 Å².